The van der Waals surface area contributed by atoms with Crippen LogP contribution in [0.2, 0.25) is 5.15 Å². The van der Waals surface area contributed by atoms with E-state index in [2.05, 4.69) is 5.10 Å². The van der Waals surface area contributed by atoms with Crippen molar-refractivity contribution in [2.75, 3.05) is 11.5 Å². The zero-order chi connectivity index (χ0) is 14.3. The van der Waals surface area contributed by atoms with Crippen LogP contribution in [0.5, 0.6) is 0 Å². The van der Waals surface area contributed by atoms with E-state index in [0.29, 0.717) is 23.1 Å². The maximum Gasteiger partial charge on any atom is 0.152 e. The second-order valence-electron chi connectivity index (χ2n) is 5.80. The number of aromatic nitrogens is 2. The molecule has 2 fully saturated rings. The molecule has 1 aliphatic carbocycles. The molecule has 3 rings (SSSR count). The van der Waals surface area contributed by atoms with Crippen LogP contribution in [0.1, 0.15) is 55.3 Å². The van der Waals surface area contributed by atoms with Gasteiger partial charge in [-0.2, -0.15) is 5.10 Å². The molecule has 1 unspecified atom stereocenters. The highest BCUT2D eigenvalue weighted by molar-refractivity contribution is 7.91. The highest BCUT2D eigenvalue weighted by Gasteiger charge is 2.34. The lowest BCUT2D eigenvalue weighted by molar-refractivity contribution is 0.280. The molecule has 20 heavy (non-hydrogen) atoms. The number of nitrogens with zero attached hydrogens (tertiary/aromatic N) is 2. The number of rotatable bonds is 3. The molecule has 2 aliphatic rings. The first-order valence-electron chi connectivity index (χ1n) is 7.10. The molecule has 0 aromatic carbocycles. The Morgan fingerprint density at radius 2 is 2.00 bits per heavy atom. The van der Waals surface area contributed by atoms with Gasteiger partial charge in [0.25, 0.3) is 0 Å². The smallest absolute Gasteiger partial charge is 0.152 e. The van der Waals surface area contributed by atoms with Crippen molar-refractivity contribution in [3.05, 3.63) is 16.4 Å². The number of aliphatic hydroxyl groups is 1. The first-order chi connectivity index (χ1) is 9.52. The van der Waals surface area contributed by atoms with Gasteiger partial charge in [0, 0.05) is 11.5 Å². The van der Waals surface area contributed by atoms with Crippen molar-refractivity contribution in [2.24, 2.45) is 0 Å². The monoisotopic (exact) mass is 318 g/mol. The Morgan fingerprint density at radius 3 is 2.55 bits per heavy atom. The zero-order valence-electron chi connectivity index (χ0n) is 11.3. The third-order valence-corrected chi connectivity index (χ3v) is 6.58. The van der Waals surface area contributed by atoms with Crippen LogP contribution in [-0.4, -0.2) is 34.8 Å². The van der Waals surface area contributed by atoms with E-state index in [1.165, 1.54) is 12.8 Å². The number of hydrogen-bond donors (Lipinski definition) is 1. The molecule has 0 radical (unpaired) electrons. The van der Waals surface area contributed by atoms with E-state index in [-0.39, 0.29) is 24.2 Å². The maximum absolute atomic E-state index is 11.6. The lowest BCUT2D eigenvalue weighted by Crippen LogP contribution is -2.13. The normalized spacial score (nSPS) is 26.4. The molecule has 112 valence electrons. The van der Waals surface area contributed by atoms with E-state index in [1.54, 1.807) is 4.68 Å². The van der Waals surface area contributed by atoms with Gasteiger partial charge in [-0.3, -0.25) is 0 Å². The minimum Gasteiger partial charge on any atom is -0.391 e. The molecule has 0 bridgehead atoms. The first kappa shape index (κ1) is 14.4. The highest BCUT2D eigenvalue weighted by Crippen LogP contribution is 2.39. The van der Waals surface area contributed by atoms with Crippen molar-refractivity contribution in [1.29, 1.82) is 0 Å². The third-order valence-electron chi connectivity index (χ3n) is 4.43. The van der Waals surface area contributed by atoms with E-state index >= 15 is 0 Å². The Balaban J connectivity index is 1.96. The van der Waals surface area contributed by atoms with Gasteiger partial charge < -0.3 is 5.11 Å². The lowest BCUT2D eigenvalue weighted by Gasteiger charge is -2.10. The van der Waals surface area contributed by atoms with E-state index in [1.807, 2.05) is 0 Å². The Morgan fingerprint density at radius 1 is 1.30 bits per heavy atom. The van der Waals surface area contributed by atoms with Crippen LogP contribution in [0.25, 0.3) is 0 Å². The van der Waals surface area contributed by atoms with Gasteiger partial charge in [0.1, 0.15) is 5.15 Å². The minimum atomic E-state index is -2.97. The number of sulfone groups is 1. The fourth-order valence-corrected chi connectivity index (χ4v) is 5.37. The highest BCUT2D eigenvalue weighted by atomic mass is 35.5. The van der Waals surface area contributed by atoms with Crippen LogP contribution in [0, 0.1) is 0 Å². The molecule has 1 saturated heterocycles. The van der Waals surface area contributed by atoms with Crippen molar-refractivity contribution in [3.8, 4) is 0 Å². The third kappa shape index (κ3) is 2.49. The molecule has 1 aromatic heterocycles. The summed E-state index contributed by atoms with van der Waals surface area (Å²) >= 11 is 6.33. The SMILES string of the molecule is O=S1(=O)CCC(n2nc(C3CCCC3)c(CO)c2Cl)C1. The number of aliphatic hydroxyl groups excluding tert-OH is 1. The summed E-state index contributed by atoms with van der Waals surface area (Å²) in [6.45, 7) is -0.135. The standard InChI is InChI=1S/C13H19ClN2O3S/c14-13-11(7-17)12(9-3-1-2-4-9)15-16(13)10-5-6-20(18,19)8-10/h9-10,17H,1-8H2. The second-order valence-corrected chi connectivity index (χ2v) is 8.38. The van der Waals surface area contributed by atoms with E-state index < -0.39 is 9.84 Å². The summed E-state index contributed by atoms with van der Waals surface area (Å²) < 4.78 is 24.8. The van der Waals surface area contributed by atoms with Gasteiger partial charge in [-0.1, -0.05) is 24.4 Å². The van der Waals surface area contributed by atoms with Gasteiger partial charge in [-0.25, -0.2) is 13.1 Å². The van der Waals surface area contributed by atoms with Gasteiger partial charge in [0.05, 0.1) is 29.8 Å². The van der Waals surface area contributed by atoms with Gasteiger partial charge in [-0.15, -0.1) is 0 Å². The Hall–Kier alpha value is -0.590. The van der Waals surface area contributed by atoms with Crippen LogP contribution < -0.4 is 0 Å². The molecule has 7 heteroatoms. The van der Waals surface area contributed by atoms with Gasteiger partial charge in [0.15, 0.2) is 9.84 Å². The van der Waals surface area contributed by atoms with E-state index in [9.17, 15) is 13.5 Å². The van der Waals surface area contributed by atoms with E-state index in [4.69, 9.17) is 11.6 Å². The van der Waals surface area contributed by atoms with E-state index in [0.717, 1.165) is 18.5 Å². The Labute approximate surface area is 123 Å². The van der Waals surface area contributed by atoms with Crippen LogP contribution in [-0.2, 0) is 16.4 Å². The largest absolute Gasteiger partial charge is 0.391 e. The summed E-state index contributed by atoms with van der Waals surface area (Å²) in [5.74, 6) is 0.652. The zero-order valence-corrected chi connectivity index (χ0v) is 12.8. The Kier molecular flexibility index (Phi) is 3.81. The summed E-state index contributed by atoms with van der Waals surface area (Å²) in [4.78, 5) is 0. The van der Waals surface area contributed by atoms with Crippen molar-refractivity contribution in [3.63, 3.8) is 0 Å². The molecule has 1 aromatic rings. The Bertz CT molecular complexity index is 605. The molecular weight excluding hydrogens is 300 g/mol. The second kappa shape index (κ2) is 5.31. The predicted molar refractivity (Wildman–Crippen MR) is 76.7 cm³/mol. The molecule has 1 atom stereocenters. The summed E-state index contributed by atoms with van der Waals surface area (Å²) in [6.07, 6.45) is 5.06. The average molecular weight is 319 g/mol. The van der Waals surface area contributed by atoms with Crippen LogP contribution >= 0.6 is 11.6 Å². The van der Waals surface area contributed by atoms with Gasteiger partial charge in [-0.05, 0) is 19.3 Å². The number of hydrogen-bond acceptors (Lipinski definition) is 4. The summed E-state index contributed by atoms with van der Waals surface area (Å²) in [5, 5.41) is 14.5. The van der Waals surface area contributed by atoms with Crippen molar-refractivity contribution in [1.82, 2.24) is 9.78 Å². The average Bonchev–Trinajstić information content (AvgIpc) is 3.08. The topological polar surface area (TPSA) is 72.2 Å². The molecule has 1 saturated carbocycles. The predicted octanol–water partition coefficient (Wildman–Crippen LogP) is 2.05. The van der Waals surface area contributed by atoms with Crippen LogP contribution in [0.3, 0.4) is 0 Å². The van der Waals surface area contributed by atoms with Crippen LogP contribution in [0.15, 0.2) is 0 Å². The van der Waals surface area contributed by atoms with Crippen molar-refractivity contribution >= 4 is 21.4 Å². The first-order valence-corrected chi connectivity index (χ1v) is 9.30. The fraction of sp³-hybridized carbons (Fsp3) is 0.769. The quantitative estimate of drug-likeness (QED) is 0.925. The molecule has 1 N–H and O–H groups in total. The van der Waals surface area contributed by atoms with Gasteiger partial charge >= 0.3 is 0 Å². The lowest BCUT2D eigenvalue weighted by atomic mass is 10.0. The minimum absolute atomic E-state index is 0.101. The van der Waals surface area contributed by atoms with Crippen molar-refractivity contribution in [2.45, 2.75) is 50.7 Å². The molecular formula is C13H19ClN2O3S. The number of halogens is 1. The summed E-state index contributed by atoms with van der Waals surface area (Å²) in [6, 6.07) is -0.187. The van der Waals surface area contributed by atoms with Crippen molar-refractivity contribution < 1.29 is 13.5 Å². The maximum atomic E-state index is 11.6. The molecule has 0 spiro atoms. The molecule has 0 amide bonds. The molecule has 2 heterocycles. The summed E-state index contributed by atoms with van der Waals surface area (Å²) in [7, 11) is -2.97. The summed E-state index contributed by atoms with van der Waals surface area (Å²) in [5.41, 5.74) is 1.56. The fourth-order valence-electron chi connectivity index (χ4n) is 3.35. The molecule has 1 aliphatic heterocycles. The van der Waals surface area contributed by atoms with Gasteiger partial charge in [0.2, 0.25) is 0 Å². The molecule has 5 nitrogen and oxygen atoms in total. The van der Waals surface area contributed by atoms with Crippen LogP contribution in [0.4, 0.5) is 0 Å².